The van der Waals surface area contributed by atoms with E-state index in [1.54, 1.807) is 13.0 Å². The molecule has 1 atom stereocenters. The van der Waals surface area contributed by atoms with Crippen LogP contribution in [-0.2, 0) is 22.7 Å². The summed E-state index contributed by atoms with van der Waals surface area (Å²) in [5, 5.41) is 8.10. The Hall–Kier alpha value is -1.61. The molecule has 3 N–H and O–H groups in total. The van der Waals surface area contributed by atoms with Gasteiger partial charge in [-0.05, 0) is 42.3 Å². The van der Waals surface area contributed by atoms with E-state index in [0.29, 0.717) is 17.7 Å². The van der Waals surface area contributed by atoms with Crippen molar-refractivity contribution in [3.8, 4) is 0 Å². The molecule has 9 heteroatoms. The van der Waals surface area contributed by atoms with Crippen LogP contribution in [0.25, 0.3) is 0 Å². The Balaban J connectivity index is 2.10. The van der Waals surface area contributed by atoms with Crippen molar-refractivity contribution in [3.05, 3.63) is 64.2 Å². The molecule has 0 fully saturated rings. The molecule has 2 aromatic rings. The maximum atomic E-state index is 12.8. The predicted molar refractivity (Wildman–Crippen MR) is 89.5 cm³/mol. The third-order valence-corrected chi connectivity index (χ3v) is 5.02. The maximum Gasteiger partial charge on any atom is 0.416 e. The molecule has 0 spiro atoms. The van der Waals surface area contributed by atoms with Crippen LogP contribution in [0.3, 0.4) is 0 Å². The van der Waals surface area contributed by atoms with E-state index in [4.69, 9.17) is 16.7 Å². The topological polar surface area (TPSA) is 72.2 Å². The monoisotopic (exact) mass is 392 g/mol. The fraction of sp³-hybridized carbons (Fsp3) is 0.250. The second-order valence-electron chi connectivity index (χ2n) is 5.54. The van der Waals surface area contributed by atoms with E-state index in [1.165, 1.54) is 24.3 Å². The number of sulfonamides is 1. The minimum Gasteiger partial charge on any atom is -0.306 e. The SMILES string of the molecule is C[C@H](NCc1ccc(S(N)(=O)=O)c(Cl)c1)c1cccc(C(F)(F)F)c1. The summed E-state index contributed by atoms with van der Waals surface area (Å²) in [5.41, 5.74) is 0.456. The van der Waals surface area contributed by atoms with E-state index in [0.717, 1.165) is 12.1 Å². The molecule has 0 aliphatic rings. The van der Waals surface area contributed by atoms with E-state index in [2.05, 4.69) is 5.32 Å². The first-order valence-corrected chi connectivity index (χ1v) is 9.12. The molecule has 0 aliphatic heterocycles. The molecule has 0 aromatic heterocycles. The Bertz CT molecular complexity index is 870. The van der Waals surface area contributed by atoms with Gasteiger partial charge in [-0.3, -0.25) is 0 Å². The highest BCUT2D eigenvalue weighted by molar-refractivity contribution is 7.89. The van der Waals surface area contributed by atoms with Crippen molar-refractivity contribution in [2.45, 2.75) is 30.6 Å². The van der Waals surface area contributed by atoms with Gasteiger partial charge >= 0.3 is 6.18 Å². The number of halogens is 4. The minimum atomic E-state index is -4.40. The molecule has 0 bridgehead atoms. The molecule has 0 unspecified atom stereocenters. The summed E-state index contributed by atoms with van der Waals surface area (Å²) in [7, 11) is -3.90. The van der Waals surface area contributed by atoms with Crippen molar-refractivity contribution in [2.75, 3.05) is 0 Å². The van der Waals surface area contributed by atoms with Crippen LogP contribution in [0.4, 0.5) is 13.2 Å². The third-order valence-electron chi connectivity index (χ3n) is 3.63. The lowest BCUT2D eigenvalue weighted by molar-refractivity contribution is -0.137. The quantitative estimate of drug-likeness (QED) is 0.811. The average molecular weight is 393 g/mol. The number of hydrogen-bond donors (Lipinski definition) is 2. The lowest BCUT2D eigenvalue weighted by Crippen LogP contribution is -2.19. The summed E-state index contributed by atoms with van der Waals surface area (Å²) in [6, 6.07) is 9.00. The largest absolute Gasteiger partial charge is 0.416 e. The Labute approximate surface area is 148 Å². The lowest BCUT2D eigenvalue weighted by atomic mass is 10.0. The lowest BCUT2D eigenvalue weighted by Gasteiger charge is -2.16. The van der Waals surface area contributed by atoms with Crippen LogP contribution in [-0.4, -0.2) is 8.42 Å². The average Bonchev–Trinajstić information content (AvgIpc) is 2.50. The molecule has 0 heterocycles. The molecule has 25 heavy (non-hydrogen) atoms. The van der Waals surface area contributed by atoms with Gasteiger partial charge in [0.15, 0.2) is 0 Å². The Morgan fingerprint density at radius 3 is 2.44 bits per heavy atom. The van der Waals surface area contributed by atoms with Gasteiger partial charge in [0.2, 0.25) is 10.0 Å². The predicted octanol–water partition coefficient (Wildman–Crippen LogP) is 3.86. The zero-order valence-electron chi connectivity index (χ0n) is 13.1. The normalized spacial score (nSPS) is 13.7. The van der Waals surface area contributed by atoms with Crippen LogP contribution in [0, 0.1) is 0 Å². The van der Waals surface area contributed by atoms with Gasteiger partial charge in [0.1, 0.15) is 4.90 Å². The summed E-state index contributed by atoms with van der Waals surface area (Å²) in [4.78, 5) is -0.177. The molecule has 0 aliphatic carbocycles. The van der Waals surface area contributed by atoms with E-state index >= 15 is 0 Å². The second kappa shape index (κ2) is 7.33. The molecule has 4 nitrogen and oxygen atoms in total. The van der Waals surface area contributed by atoms with Gasteiger partial charge in [0.05, 0.1) is 10.6 Å². The van der Waals surface area contributed by atoms with Crippen LogP contribution in [0.2, 0.25) is 5.02 Å². The minimum absolute atomic E-state index is 0.00600. The van der Waals surface area contributed by atoms with E-state index in [-0.39, 0.29) is 16.0 Å². The summed E-state index contributed by atoms with van der Waals surface area (Å²) in [5.74, 6) is 0. The van der Waals surface area contributed by atoms with Gasteiger partial charge in [-0.1, -0.05) is 29.8 Å². The van der Waals surface area contributed by atoms with Gasteiger partial charge in [0, 0.05) is 12.6 Å². The molecule has 0 saturated carbocycles. The molecular formula is C16H16ClF3N2O2S. The van der Waals surface area contributed by atoms with Crippen LogP contribution in [0.1, 0.15) is 29.7 Å². The number of nitrogens with one attached hydrogen (secondary N) is 1. The fourth-order valence-corrected chi connectivity index (χ4v) is 3.37. The van der Waals surface area contributed by atoms with Crippen molar-refractivity contribution in [2.24, 2.45) is 5.14 Å². The highest BCUT2D eigenvalue weighted by Gasteiger charge is 2.30. The highest BCUT2D eigenvalue weighted by atomic mass is 35.5. The van der Waals surface area contributed by atoms with Crippen molar-refractivity contribution in [1.29, 1.82) is 0 Å². The molecule has 2 aromatic carbocycles. The summed E-state index contributed by atoms with van der Waals surface area (Å²) in [6.45, 7) is 2.03. The smallest absolute Gasteiger partial charge is 0.306 e. The van der Waals surface area contributed by atoms with Gasteiger partial charge in [0.25, 0.3) is 0 Å². The second-order valence-corrected chi connectivity index (χ2v) is 7.47. The summed E-state index contributed by atoms with van der Waals surface area (Å²) >= 11 is 5.91. The number of rotatable bonds is 5. The first kappa shape index (κ1) is 19.7. The summed E-state index contributed by atoms with van der Waals surface area (Å²) < 4.78 is 60.9. The molecule has 136 valence electrons. The standard InChI is InChI=1S/C16H16ClF3N2O2S/c1-10(12-3-2-4-13(8-12)16(18,19)20)22-9-11-5-6-15(14(17)7-11)25(21,23)24/h2-8,10,22H,9H2,1H3,(H2,21,23,24)/t10-/m0/s1. The number of nitrogens with two attached hydrogens (primary N) is 1. The van der Waals surface area contributed by atoms with Gasteiger partial charge in [-0.2, -0.15) is 13.2 Å². The number of benzene rings is 2. The number of alkyl halides is 3. The van der Waals surface area contributed by atoms with E-state index in [1.807, 2.05) is 0 Å². The first-order chi connectivity index (χ1) is 11.5. The van der Waals surface area contributed by atoms with E-state index in [9.17, 15) is 21.6 Å². The van der Waals surface area contributed by atoms with Crippen molar-refractivity contribution in [3.63, 3.8) is 0 Å². The van der Waals surface area contributed by atoms with Crippen LogP contribution < -0.4 is 10.5 Å². The Kier molecular flexibility index (Phi) is 5.78. The van der Waals surface area contributed by atoms with E-state index < -0.39 is 21.8 Å². The van der Waals surface area contributed by atoms with Gasteiger partial charge < -0.3 is 5.32 Å². The third kappa shape index (κ3) is 5.18. The van der Waals surface area contributed by atoms with Crippen LogP contribution in [0.15, 0.2) is 47.4 Å². The maximum absolute atomic E-state index is 12.8. The molecule has 0 amide bonds. The zero-order valence-corrected chi connectivity index (χ0v) is 14.7. The van der Waals surface area contributed by atoms with Gasteiger partial charge in [-0.15, -0.1) is 0 Å². The fourth-order valence-electron chi connectivity index (χ4n) is 2.26. The molecule has 0 saturated heterocycles. The number of hydrogen-bond acceptors (Lipinski definition) is 3. The Morgan fingerprint density at radius 1 is 1.20 bits per heavy atom. The summed E-state index contributed by atoms with van der Waals surface area (Å²) in [6.07, 6.45) is -4.40. The van der Waals surface area contributed by atoms with Crippen molar-refractivity contribution in [1.82, 2.24) is 5.32 Å². The molecule has 2 rings (SSSR count). The van der Waals surface area contributed by atoms with Crippen LogP contribution >= 0.6 is 11.6 Å². The molecular weight excluding hydrogens is 377 g/mol. The number of primary sulfonamides is 1. The molecule has 0 radical (unpaired) electrons. The van der Waals surface area contributed by atoms with Crippen molar-refractivity contribution >= 4 is 21.6 Å². The zero-order chi connectivity index (χ0) is 18.8. The first-order valence-electron chi connectivity index (χ1n) is 7.20. The van der Waals surface area contributed by atoms with Crippen molar-refractivity contribution < 1.29 is 21.6 Å². The highest BCUT2D eigenvalue weighted by Crippen LogP contribution is 2.30. The Morgan fingerprint density at radius 2 is 1.88 bits per heavy atom. The van der Waals surface area contributed by atoms with Gasteiger partial charge in [-0.25, -0.2) is 13.6 Å². The van der Waals surface area contributed by atoms with Crippen LogP contribution in [0.5, 0.6) is 0 Å².